The summed E-state index contributed by atoms with van der Waals surface area (Å²) in [5, 5.41) is 11.1. The largest absolute Gasteiger partial charge is 0.507 e. The second-order valence-corrected chi connectivity index (χ2v) is 8.12. The topological polar surface area (TPSA) is 70.1 Å². The number of hydrogen-bond donors (Lipinski definition) is 1. The highest BCUT2D eigenvalue weighted by Gasteiger charge is 2.46. The number of aliphatic hydroxyl groups excluding tert-OH is 1. The van der Waals surface area contributed by atoms with Gasteiger partial charge in [-0.1, -0.05) is 56.3 Å². The first-order valence-electron chi connectivity index (χ1n) is 11.2. The van der Waals surface area contributed by atoms with Crippen LogP contribution >= 0.6 is 0 Å². The molecule has 1 fully saturated rings. The van der Waals surface area contributed by atoms with E-state index in [4.69, 9.17) is 4.74 Å². The van der Waals surface area contributed by atoms with Gasteiger partial charge in [0, 0.05) is 18.7 Å². The van der Waals surface area contributed by atoms with Gasteiger partial charge in [-0.15, -0.1) is 0 Å². The summed E-state index contributed by atoms with van der Waals surface area (Å²) >= 11 is 0. The maximum absolute atomic E-state index is 13.1. The summed E-state index contributed by atoms with van der Waals surface area (Å²) < 4.78 is 5.84. The zero-order valence-corrected chi connectivity index (χ0v) is 19.2. The molecule has 1 saturated heterocycles. The molecule has 0 aliphatic carbocycles. The van der Waals surface area contributed by atoms with Crippen LogP contribution in [0.1, 0.15) is 44.9 Å². The van der Waals surface area contributed by atoms with Crippen molar-refractivity contribution in [2.45, 2.75) is 39.8 Å². The van der Waals surface area contributed by atoms with Crippen molar-refractivity contribution in [3.05, 3.63) is 71.3 Å². The second kappa shape index (κ2) is 10.5. The van der Waals surface area contributed by atoms with Crippen LogP contribution in [-0.2, 0) is 9.59 Å². The van der Waals surface area contributed by atoms with Crippen molar-refractivity contribution in [2.75, 3.05) is 26.2 Å². The van der Waals surface area contributed by atoms with Crippen molar-refractivity contribution in [3.8, 4) is 5.75 Å². The van der Waals surface area contributed by atoms with Gasteiger partial charge in [-0.2, -0.15) is 0 Å². The standard InChI is InChI=1S/C26H32N2O4/c1-5-27(6-2)15-16-28-23(20-13-10-14-21(17-20)32-18(3)4)22(25(30)26(28)31)24(29)19-11-8-7-9-12-19/h7-14,17-18,23,29H,5-6,15-16H2,1-4H3/b24-22-. The summed E-state index contributed by atoms with van der Waals surface area (Å²) in [4.78, 5) is 29.9. The zero-order valence-electron chi connectivity index (χ0n) is 19.2. The normalized spacial score (nSPS) is 18.1. The van der Waals surface area contributed by atoms with Crippen LogP contribution in [0.2, 0.25) is 0 Å². The first-order chi connectivity index (χ1) is 15.4. The highest BCUT2D eigenvalue weighted by molar-refractivity contribution is 6.46. The average Bonchev–Trinajstić information content (AvgIpc) is 3.04. The molecule has 1 atom stereocenters. The smallest absolute Gasteiger partial charge is 0.295 e. The Morgan fingerprint density at radius 1 is 1.06 bits per heavy atom. The molecule has 0 radical (unpaired) electrons. The number of rotatable bonds is 9. The molecule has 2 aromatic carbocycles. The highest BCUT2D eigenvalue weighted by atomic mass is 16.5. The third kappa shape index (κ3) is 5.02. The number of ether oxygens (including phenoxy) is 1. The average molecular weight is 437 g/mol. The molecular weight excluding hydrogens is 404 g/mol. The van der Waals surface area contributed by atoms with E-state index in [0.717, 1.165) is 18.7 Å². The van der Waals surface area contributed by atoms with Crippen LogP contribution < -0.4 is 4.74 Å². The molecule has 0 saturated carbocycles. The summed E-state index contributed by atoms with van der Waals surface area (Å²) in [6.07, 6.45) is -0.0106. The zero-order chi connectivity index (χ0) is 23.3. The molecule has 1 aliphatic heterocycles. The first kappa shape index (κ1) is 23.5. The van der Waals surface area contributed by atoms with Crippen LogP contribution in [0.25, 0.3) is 5.76 Å². The van der Waals surface area contributed by atoms with E-state index in [9.17, 15) is 14.7 Å². The van der Waals surface area contributed by atoms with Crippen molar-refractivity contribution in [3.63, 3.8) is 0 Å². The number of likely N-dealkylation sites (N-methyl/N-ethyl adjacent to an activating group) is 1. The van der Waals surface area contributed by atoms with Crippen molar-refractivity contribution in [1.29, 1.82) is 0 Å². The van der Waals surface area contributed by atoms with E-state index in [1.54, 1.807) is 29.2 Å². The third-order valence-electron chi connectivity index (χ3n) is 5.68. The van der Waals surface area contributed by atoms with Gasteiger partial charge in [-0.05, 0) is 44.6 Å². The van der Waals surface area contributed by atoms with Crippen molar-refractivity contribution < 1.29 is 19.4 Å². The highest BCUT2D eigenvalue weighted by Crippen LogP contribution is 2.40. The number of benzene rings is 2. The van der Waals surface area contributed by atoms with Gasteiger partial charge in [0.25, 0.3) is 11.7 Å². The van der Waals surface area contributed by atoms with E-state index in [1.165, 1.54) is 0 Å². The van der Waals surface area contributed by atoms with Crippen LogP contribution in [0.5, 0.6) is 5.75 Å². The predicted octanol–water partition coefficient (Wildman–Crippen LogP) is 4.24. The molecule has 1 unspecified atom stereocenters. The Balaban J connectivity index is 2.09. The molecule has 0 spiro atoms. The number of amides is 1. The summed E-state index contributed by atoms with van der Waals surface area (Å²) in [5.74, 6) is -0.748. The lowest BCUT2D eigenvalue weighted by molar-refractivity contribution is -0.140. The van der Waals surface area contributed by atoms with Gasteiger partial charge in [0.05, 0.1) is 17.7 Å². The Bertz CT molecular complexity index is 980. The maximum atomic E-state index is 13.1. The van der Waals surface area contributed by atoms with Crippen molar-refractivity contribution in [1.82, 2.24) is 9.80 Å². The molecule has 6 heteroatoms. The van der Waals surface area contributed by atoms with Gasteiger partial charge in [-0.25, -0.2) is 0 Å². The molecule has 1 aliphatic rings. The van der Waals surface area contributed by atoms with E-state index in [2.05, 4.69) is 18.7 Å². The van der Waals surface area contributed by atoms with Crippen LogP contribution in [0.15, 0.2) is 60.2 Å². The van der Waals surface area contributed by atoms with E-state index < -0.39 is 17.7 Å². The number of likely N-dealkylation sites (tertiary alicyclic amines) is 1. The van der Waals surface area contributed by atoms with Gasteiger partial charge < -0.3 is 19.6 Å². The van der Waals surface area contributed by atoms with Gasteiger partial charge in [0.1, 0.15) is 11.5 Å². The minimum absolute atomic E-state index is 0.0106. The Morgan fingerprint density at radius 2 is 1.75 bits per heavy atom. The SMILES string of the molecule is CCN(CC)CCN1C(=O)C(=O)/C(=C(\O)c2ccccc2)C1c1cccc(OC(C)C)c1. The first-order valence-corrected chi connectivity index (χ1v) is 11.2. The van der Waals surface area contributed by atoms with Crippen LogP contribution in [0, 0.1) is 0 Å². The van der Waals surface area contributed by atoms with Crippen LogP contribution in [-0.4, -0.2) is 58.9 Å². The molecule has 1 N–H and O–H groups in total. The van der Waals surface area contributed by atoms with E-state index in [0.29, 0.717) is 24.4 Å². The van der Waals surface area contributed by atoms with Gasteiger partial charge in [-0.3, -0.25) is 9.59 Å². The number of hydrogen-bond acceptors (Lipinski definition) is 5. The molecule has 2 aromatic rings. The Labute approximate surface area is 190 Å². The third-order valence-corrected chi connectivity index (χ3v) is 5.68. The number of Topliss-reactive ketones (excluding diaryl/α,β-unsaturated/α-hetero) is 1. The monoisotopic (exact) mass is 436 g/mol. The fraction of sp³-hybridized carbons (Fsp3) is 0.385. The molecular formula is C26H32N2O4. The summed E-state index contributed by atoms with van der Waals surface area (Å²) in [7, 11) is 0. The summed E-state index contributed by atoms with van der Waals surface area (Å²) in [6, 6.07) is 15.6. The van der Waals surface area contributed by atoms with Crippen molar-refractivity contribution in [2.24, 2.45) is 0 Å². The molecule has 1 heterocycles. The van der Waals surface area contributed by atoms with Crippen molar-refractivity contribution >= 4 is 17.4 Å². The van der Waals surface area contributed by atoms with Gasteiger partial charge in [0.2, 0.25) is 0 Å². The lowest BCUT2D eigenvalue weighted by Gasteiger charge is -2.28. The molecule has 6 nitrogen and oxygen atoms in total. The maximum Gasteiger partial charge on any atom is 0.295 e. The molecule has 170 valence electrons. The lowest BCUT2D eigenvalue weighted by Crippen LogP contribution is -2.38. The summed E-state index contributed by atoms with van der Waals surface area (Å²) in [5.41, 5.74) is 1.36. The molecule has 0 bridgehead atoms. The number of nitrogens with zero attached hydrogens (tertiary/aromatic N) is 2. The number of ketones is 1. The van der Waals surface area contributed by atoms with E-state index in [-0.39, 0.29) is 17.4 Å². The molecule has 1 amide bonds. The van der Waals surface area contributed by atoms with Gasteiger partial charge in [0.15, 0.2) is 0 Å². The predicted molar refractivity (Wildman–Crippen MR) is 125 cm³/mol. The second-order valence-electron chi connectivity index (χ2n) is 8.12. The lowest BCUT2D eigenvalue weighted by atomic mass is 9.95. The minimum Gasteiger partial charge on any atom is -0.507 e. The minimum atomic E-state index is -0.679. The van der Waals surface area contributed by atoms with Crippen LogP contribution in [0.3, 0.4) is 0 Å². The fourth-order valence-electron chi connectivity index (χ4n) is 4.03. The number of aliphatic hydroxyl groups is 1. The Morgan fingerprint density at radius 3 is 2.38 bits per heavy atom. The summed E-state index contributed by atoms with van der Waals surface area (Å²) in [6.45, 7) is 10.8. The molecule has 0 aromatic heterocycles. The Kier molecular flexibility index (Phi) is 7.70. The Hall–Kier alpha value is -3.12. The van der Waals surface area contributed by atoms with E-state index in [1.807, 2.05) is 44.2 Å². The number of carbonyl (C=O) groups excluding carboxylic acids is 2. The quantitative estimate of drug-likeness (QED) is 0.362. The molecule has 3 rings (SSSR count). The van der Waals surface area contributed by atoms with Crippen LogP contribution in [0.4, 0.5) is 0 Å². The van der Waals surface area contributed by atoms with E-state index >= 15 is 0 Å². The number of carbonyl (C=O) groups is 2. The van der Waals surface area contributed by atoms with Gasteiger partial charge >= 0.3 is 0 Å². The molecule has 32 heavy (non-hydrogen) atoms. The fourth-order valence-corrected chi connectivity index (χ4v) is 4.03.